The monoisotopic (exact) mass is 559 g/mol. The van der Waals surface area contributed by atoms with Gasteiger partial charge in [0.2, 0.25) is 0 Å². The summed E-state index contributed by atoms with van der Waals surface area (Å²) in [5.41, 5.74) is 1.84. The van der Waals surface area contributed by atoms with Gasteiger partial charge in [0, 0.05) is 21.7 Å². The van der Waals surface area contributed by atoms with Crippen molar-refractivity contribution < 1.29 is 8.42 Å². The van der Waals surface area contributed by atoms with Crippen molar-refractivity contribution in [2.75, 3.05) is 11.5 Å². The SMILES string of the molecule is CCCSC1=C(SCCC)SC(=C2Sc3cn(S(=O)(=O)c4ccc(C)cc4)c(C)c3S2)S1. The first-order chi connectivity index (χ1) is 15.3. The molecule has 2 aromatic rings. The Balaban J connectivity index is 1.57. The van der Waals surface area contributed by atoms with Gasteiger partial charge in [-0.25, -0.2) is 12.4 Å². The molecule has 172 valence electrons. The van der Waals surface area contributed by atoms with Gasteiger partial charge in [0.05, 0.1) is 21.8 Å². The molecule has 0 aliphatic carbocycles. The lowest BCUT2D eigenvalue weighted by Crippen LogP contribution is -2.13. The number of benzene rings is 1. The zero-order chi connectivity index (χ0) is 22.9. The molecule has 0 N–H and O–H groups in total. The minimum atomic E-state index is -3.59. The summed E-state index contributed by atoms with van der Waals surface area (Å²) in [5.74, 6) is 2.28. The average molecular weight is 560 g/mol. The van der Waals surface area contributed by atoms with E-state index in [1.54, 1.807) is 41.9 Å². The third-order valence-corrected chi connectivity index (χ3v) is 15.5. The molecule has 0 unspecified atom stereocenters. The minimum Gasteiger partial charge on any atom is -0.244 e. The summed E-state index contributed by atoms with van der Waals surface area (Å²) in [6.07, 6.45) is 4.14. The summed E-state index contributed by atoms with van der Waals surface area (Å²) in [7, 11) is -3.59. The summed E-state index contributed by atoms with van der Waals surface area (Å²) in [6.45, 7) is 8.31. The van der Waals surface area contributed by atoms with Crippen LogP contribution in [0.2, 0.25) is 0 Å². The Bertz CT molecular complexity index is 1160. The molecular formula is C22H25NO2S7. The van der Waals surface area contributed by atoms with Gasteiger partial charge in [0.25, 0.3) is 10.0 Å². The third kappa shape index (κ3) is 5.16. The molecule has 3 heterocycles. The maximum absolute atomic E-state index is 13.2. The molecule has 0 radical (unpaired) electrons. The quantitative estimate of drug-likeness (QED) is 0.318. The molecule has 0 atom stereocenters. The van der Waals surface area contributed by atoms with Crippen molar-refractivity contribution in [2.24, 2.45) is 0 Å². The Hall–Kier alpha value is 0.0300. The Labute approximate surface area is 216 Å². The molecule has 1 aromatic carbocycles. The fourth-order valence-corrected chi connectivity index (χ4v) is 13.2. The normalized spacial score (nSPS) is 16.4. The average Bonchev–Trinajstić information content (AvgIpc) is 3.45. The molecule has 0 amide bonds. The number of nitrogens with zero attached hydrogens (tertiary/aromatic N) is 1. The predicted molar refractivity (Wildman–Crippen MR) is 149 cm³/mol. The van der Waals surface area contributed by atoms with E-state index in [1.165, 1.54) is 33.8 Å². The van der Waals surface area contributed by atoms with Gasteiger partial charge in [-0.3, -0.25) is 0 Å². The predicted octanol–water partition coefficient (Wildman–Crippen LogP) is 8.56. The van der Waals surface area contributed by atoms with Crippen molar-refractivity contribution in [2.45, 2.75) is 55.2 Å². The van der Waals surface area contributed by atoms with Crippen LogP contribution in [-0.2, 0) is 10.0 Å². The maximum Gasteiger partial charge on any atom is 0.267 e. The molecule has 2 aliphatic rings. The number of hydrogen-bond acceptors (Lipinski definition) is 8. The molecule has 2 aliphatic heterocycles. The molecular weight excluding hydrogens is 535 g/mol. The van der Waals surface area contributed by atoms with Crippen molar-refractivity contribution >= 4 is 80.6 Å². The molecule has 1 aromatic heterocycles. The van der Waals surface area contributed by atoms with Crippen molar-refractivity contribution in [3.63, 3.8) is 0 Å². The van der Waals surface area contributed by atoms with Crippen molar-refractivity contribution in [1.29, 1.82) is 0 Å². The highest BCUT2D eigenvalue weighted by molar-refractivity contribution is 8.42. The zero-order valence-corrected chi connectivity index (χ0v) is 24.1. The van der Waals surface area contributed by atoms with Gasteiger partial charge in [-0.1, -0.05) is 78.6 Å². The fraction of sp³-hybridized carbons (Fsp3) is 0.364. The van der Waals surface area contributed by atoms with E-state index in [-0.39, 0.29) is 0 Å². The first-order valence-electron chi connectivity index (χ1n) is 10.3. The molecule has 0 saturated carbocycles. The fourth-order valence-electron chi connectivity index (χ4n) is 3.03. The molecule has 10 heteroatoms. The number of fused-ring (bicyclic) bond motifs is 1. The lowest BCUT2D eigenvalue weighted by Gasteiger charge is -2.10. The molecule has 0 bridgehead atoms. The second-order valence-corrected chi connectivity index (χ2v) is 16.4. The number of aromatic nitrogens is 1. The Kier molecular flexibility index (Phi) is 8.44. The van der Waals surface area contributed by atoms with E-state index in [4.69, 9.17) is 0 Å². The highest BCUT2D eigenvalue weighted by atomic mass is 32.3. The van der Waals surface area contributed by atoms with E-state index in [0.29, 0.717) is 4.90 Å². The van der Waals surface area contributed by atoms with Crippen LogP contribution in [-0.4, -0.2) is 23.9 Å². The van der Waals surface area contributed by atoms with E-state index in [2.05, 4.69) is 13.8 Å². The van der Waals surface area contributed by atoms with Gasteiger partial charge in [-0.2, -0.15) is 0 Å². The van der Waals surface area contributed by atoms with Crippen molar-refractivity contribution in [3.05, 3.63) is 58.7 Å². The number of thioether (sulfide) groups is 6. The zero-order valence-electron chi connectivity index (χ0n) is 18.3. The summed E-state index contributed by atoms with van der Waals surface area (Å²) in [5, 5.41) is 0. The largest absolute Gasteiger partial charge is 0.267 e. The topological polar surface area (TPSA) is 39.1 Å². The molecule has 0 spiro atoms. The molecule has 0 saturated heterocycles. The summed E-state index contributed by atoms with van der Waals surface area (Å²) >= 11 is 11.1. The summed E-state index contributed by atoms with van der Waals surface area (Å²) in [6, 6.07) is 7.06. The Morgan fingerprint density at radius 2 is 1.41 bits per heavy atom. The van der Waals surface area contributed by atoms with Crippen LogP contribution in [0.25, 0.3) is 0 Å². The number of aryl methyl sites for hydroxylation is 1. The van der Waals surface area contributed by atoms with E-state index in [9.17, 15) is 8.42 Å². The van der Waals surface area contributed by atoms with E-state index < -0.39 is 10.0 Å². The number of rotatable bonds is 8. The second kappa shape index (κ2) is 10.7. The molecule has 3 nitrogen and oxygen atoms in total. The van der Waals surface area contributed by atoms with Crippen LogP contribution in [0.15, 0.2) is 62.1 Å². The van der Waals surface area contributed by atoms with Crippen LogP contribution in [0.1, 0.15) is 37.9 Å². The van der Waals surface area contributed by atoms with Gasteiger partial charge in [-0.15, -0.1) is 23.5 Å². The molecule has 4 rings (SSSR count). The van der Waals surface area contributed by atoms with Gasteiger partial charge < -0.3 is 0 Å². The van der Waals surface area contributed by atoms with Crippen LogP contribution in [0.5, 0.6) is 0 Å². The minimum absolute atomic E-state index is 0.328. The van der Waals surface area contributed by atoms with Gasteiger partial charge in [0.15, 0.2) is 0 Å². The second-order valence-electron chi connectivity index (χ2n) is 7.28. The molecule has 0 fully saturated rings. The summed E-state index contributed by atoms with van der Waals surface area (Å²) < 4.78 is 33.3. The van der Waals surface area contributed by atoms with Gasteiger partial charge >= 0.3 is 0 Å². The molecule has 32 heavy (non-hydrogen) atoms. The first kappa shape index (κ1) is 25.1. The van der Waals surface area contributed by atoms with Crippen LogP contribution in [0.3, 0.4) is 0 Å². The van der Waals surface area contributed by atoms with Crippen LogP contribution >= 0.6 is 70.6 Å². The first-order valence-corrected chi connectivity index (χ1v) is 17.0. The van der Waals surface area contributed by atoms with Crippen molar-refractivity contribution in [1.82, 2.24) is 3.97 Å². The van der Waals surface area contributed by atoms with Crippen LogP contribution < -0.4 is 0 Å². The number of hydrogen-bond donors (Lipinski definition) is 0. The highest BCUT2D eigenvalue weighted by Gasteiger charge is 2.33. The van der Waals surface area contributed by atoms with E-state index >= 15 is 0 Å². The lowest BCUT2D eigenvalue weighted by atomic mass is 10.2. The smallest absolute Gasteiger partial charge is 0.244 e. The lowest BCUT2D eigenvalue weighted by molar-refractivity contribution is 0.586. The van der Waals surface area contributed by atoms with Gasteiger partial charge in [-0.05, 0) is 50.3 Å². The van der Waals surface area contributed by atoms with E-state index in [0.717, 1.165) is 32.6 Å². The highest BCUT2D eigenvalue weighted by Crippen LogP contribution is 2.64. The van der Waals surface area contributed by atoms with Crippen molar-refractivity contribution in [3.8, 4) is 0 Å². The van der Waals surface area contributed by atoms with E-state index in [1.807, 2.05) is 73.0 Å². The van der Waals surface area contributed by atoms with Crippen LogP contribution in [0.4, 0.5) is 0 Å². The summed E-state index contributed by atoms with van der Waals surface area (Å²) in [4.78, 5) is 2.42. The third-order valence-electron chi connectivity index (χ3n) is 4.67. The Morgan fingerprint density at radius 1 is 0.844 bits per heavy atom. The maximum atomic E-state index is 13.2. The van der Waals surface area contributed by atoms with Crippen LogP contribution in [0, 0.1) is 13.8 Å². The van der Waals surface area contributed by atoms with Gasteiger partial charge in [0.1, 0.15) is 0 Å². The standard InChI is InChI=1S/C22H25NO2S7/c1-5-11-26-19-20(27-12-6-2)31-22(30-19)21-28-17-13-23(15(4)18(17)29-21)32(24,25)16-9-7-14(3)8-10-16/h7-10,13H,5-6,11-12H2,1-4H3. The Morgan fingerprint density at radius 3 is 1.94 bits per heavy atom.